The lowest BCUT2D eigenvalue weighted by atomic mass is 10.2. The van der Waals surface area contributed by atoms with Crippen molar-refractivity contribution in [3.8, 4) is 11.5 Å². The predicted octanol–water partition coefficient (Wildman–Crippen LogP) is 2.59. The third kappa shape index (κ3) is 3.66. The van der Waals surface area contributed by atoms with Crippen LogP contribution < -0.4 is 20.3 Å². The summed E-state index contributed by atoms with van der Waals surface area (Å²) in [4.78, 5) is 25.4. The van der Waals surface area contributed by atoms with Gasteiger partial charge in [0.15, 0.2) is 16.7 Å². The van der Waals surface area contributed by atoms with Gasteiger partial charge in [-0.15, -0.1) is 10.2 Å². The molecule has 0 bridgehead atoms. The molecular weight excluding hydrogens is 430 g/mol. The van der Waals surface area contributed by atoms with E-state index in [4.69, 9.17) is 9.47 Å². The minimum Gasteiger partial charge on any atom is -0.454 e. The number of thioether (sulfide) groups is 1. The highest BCUT2D eigenvalue weighted by Crippen LogP contribution is 2.32. The lowest BCUT2D eigenvalue weighted by Gasteiger charge is -2.10. The maximum absolute atomic E-state index is 12.9. The molecule has 32 heavy (non-hydrogen) atoms. The van der Waals surface area contributed by atoms with Crippen molar-refractivity contribution in [1.82, 2.24) is 24.5 Å². The summed E-state index contributed by atoms with van der Waals surface area (Å²) in [6.07, 6.45) is 0.797. The second-order valence-electron chi connectivity index (χ2n) is 7.34. The zero-order valence-corrected chi connectivity index (χ0v) is 18.2. The number of nitrogens with zero attached hydrogens (tertiary/aromatic N) is 4. The van der Waals surface area contributed by atoms with Crippen LogP contribution in [0, 0.1) is 0 Å². The molecule has 0 unspecified atom stereocenters. The van der Waals surface area contributed by atoms with Crippen LogP contribution in [0.15, 0.2) is 52.4 Å². The molecule has 1 aliphatic rings. The number of nitrogens with one attached hydrogen (secondary N) is 1. The van der Waals surface area contributed by atoms with E-state index in [-0.39, 0.29) is 24.0 Å². The largest absolute Gasteiger partial charge is 0.454 e. The molecule has 2 aromatic heterocycles. The van der Waals surface area contributed by atoms with Crippen LogP contribution in [-0.2, 0) is 17.9 Å². The summed E-state index contributed by atoms with van der Waals surface area (Å²) in [7, 11) is 0. The first-order chi connectivity index (χ1) is 15.7. The van der Waals surface area contributed by atoms with Gasteiger partial charge in [-0.3, -0.25) is 18.6 Å². The van der Waals surface area contributed by atoms with Crippen molar-refractivity contribution in [3.05, 3.63) is 58.4 Å². The van der Waals surface area contributed by atoms with Crippen LogP contribution in [0.25, 0.3) is 16.7 Å². The van der Waals surface area contributed by atoms with Crippen LogP contribution in [0.3, 0.4) is 0 Å². The highest BCUT2D eigenvalue weighted by Gasteiger charge is 2.17. The summed E-state index contributed by atoms with van der Waals surface area (Å²) in [6, 6.07) is 13.0. The van der Waals surface area contributed by atoms with Crippen LogP contribution in [0.1, 0.15) is 18.9 Å². The van der Waals surface area contributed by atoms with E-state index in [0.717, 1.165) is 17.5 Å². The topological polar surface area (TPSA) is 99.8 Å². The average molecular weight is 452 g/mol. The summed E-state index contributed by atoms with van der Waals surface area (Å²) < 4.78 is 14.2. The molecule has 0 fully saturated rings. The van der Waals surface area contributed by atoms with Gasteiger partial charge in [-0.05, 0) is 36.2 Å². The molecule has 4 aromatic rings. The zero-order chi connectivity index (χ0) is 22.1. The Bertz CT molecular complexity index is 1380. The van der Waals surface area contributed by atoms with E-state index in [2.05, 4.69) is 15.5 Å². The average Bonchev–Trinajstić information content (AvgIpc) is 3.45. The quantitative estimate of drug-likeness (QED) is 0.431. The first-order valence-electron chi connectivity index (χ1n) is 10.3. The monoisotopic (exact) mass is 451 g/mol. The van der Waals surface area contributed by atoms with Crippen LogP contribution in [0.2, 0.25) is 0 Å². The normalized spacial score (nSPS) is 12.5. The number of aromatic nitrogens is 4. The summed E-state index contributed by atoms with van der Waals surface area (Å²) >= 11 is 1.28. The van der Waals surface area contributed by atoms with Gasteiger partial charge in [-0.1, -0.05) is 36.9 Å². The fourth-order valence-electron chi connectivity index (χ4n) is 3.68. The fraction of sp³-hybridized carbons (Fsp3) is 0.273. The Morgan fingerprint density at radius 3 is 2.88 bits per heavy atom. The van der Waals surface area contributed by atoms with Gasteiger partial charge in [0.25, 0.3) is 5.56 Å². The second-order valence-corrected chi connectivity index (χ2v) is 8.29. The Balaban J connectivity index is 1.34. The Kier molecular flexibility index (Phi) is 5.44. The van der Waals surface area contributed by atoms with E-state index < -0.39 is 0 Å². The van der Waals surface area contributed by atoms with Crippen molar-refractivity contribution in [1.29, 1.82) is 0 Å². The zero-order valence-electron chi connectivity index (χ0n) is 17.4. The molecule has 3 heterocycles. The SMILES string of the molecule is CCCn1c(=O)c2ccccc2n2c(SCC(=O)NCc3ccc4c(c3)OCO4)nnc12. The summed E-state index contributed by atoms with van der Waals surface area (Å²) in [5, 5.41) is 12.6. The van der Waals surface area contributed by atoms with Gasteiger partial charge >= 0.3 is 0 Å². The molecule has 0 saturated heterocycles. The van der Waals surface area contributed by atoms with E-state index in [0.29, 0.717) is 40.9 Å². The molecule has 0 atom stereocenters. The number of aryl methyl sites for hydroxylation is 1. The maximum atomic E-state index is 12.9. The first-order valence-corrected chi connectivity index (χ1v) is 11.3. The first kappa shape index (κ1) is 20.4. The van der Waals surface area contributed by atoms with E-state index >= 15 is 0 Å². The van der Waals surface area contributed by atoms with Crippen molar-refractivity contribution in [2.24, 2.45) is 0 Å². The molecule has 1 amide bonds. The number of rotatable bonds is 7. The highest BCUT2D eigenvalue weighted by molar-refractivity contribution is 7.99. The number of carbonyl (C=O) groups is 1. The van der Waals surface area contributed by atoms with Crippen molar-refractivity contribution >= 4 is 34.3 Å². The number of para-hydroxylation sites is 1. The Morgan fingerprint density at radius 2 is 2.00 bits per heavy atom. The van der Waals surface area contributed by atoms with Crippen molar-refractivity contribution < 1.29 is 14.3 Å². The predicted molar refractivity (Wildman–Crippen MR) is 120 cm³/mol. The van der Waals surface area contributed by atoms with E-state index in [1.54, 1.807) is 10.6 Å². The van der Waals surface area contributed by atoms with Crippen molar-refractivity contribution in [2.75, 3.05) is 12.5 Å². The third-order valence-electron chi connectivity index (χ3n) is 5.18. The summed E-state index contributed by atoms with van der Waals surface area (Å²) in [6.45, 7) is 3.16. The number of benzene rings is 2. The minimum atomic E-state index is -0.129. The number of carbonyl (C=O) groups excluding carboxylic acids is 1. The van der Waals surface area contributed by atoms with Crippen LogP contribution in [-0.4, -0.2) is 37.6 Å². The Labute approximate surface area is 187 Å². The molecular formula is C22H21N5O4S. The maximum Gasteiger partial charge on any atom is 0.262 e. The molecule has 1 aliphatic heterocycles. The number of hydrogen-bond acceptors (Lipinski definition) is 7. The number of ether oxygens (including phenoxy) is 2. The van der Waals surface area contributed by atoms with Gasteiger partial charge in [-0.25, -0.2) is 0 Å². The van der Waals surface area contributed by atoms with Gasteiger partial charge in [0.05, 0.1) is 16.7 Å². The standard InChI is InChI=1S/C22H21N5O4S/c1-2-9-26-20(29)15-5-3-4-6-16(15)27-21(26)24-25-22(27)32-12-19(28)23-11-14-7-8-17-18(10-14)31-13-30-17/h3-8,10H,2,9,11-13H2,1H3,(H,23,28). The number of fused-ring (bicyclic) bond motifs is 4. The number of amides is 1. The summed E-state index contributed by atoms with van der Waals surface area (Å²) in [5.41, 5.74) is 1.57. The summed E-state index contributed by atoms with van der Waals surface area (Å²) in [5.74, 6) is 1.93. The molecule has 0 saturated carbocycles. The molecule has 10 heteroatoms. The Morgan fingerprint density at radius 1 is 1.16 bits per heavy atom. The Hall–Kier alpha value is -3.53. The van der Waals surface area contributed by atoms with Gasteiger partial charge in [-0.2, -0.15) is 0 Å². The van der Waals surface area contributed by atoms with Gasteiger partial charge < -0.3 is 14.8 Å². The van der Waals surface area contributed by atoms with E-state index in [1.807, 2.05) is 47.7 Å². The van der Waals surface area contributed by atoms with Crippen LogP contribution in [0.4, 0.5) is 0 Å². The molecule has 5 rings (SSSR count). The van der Waals surface area contributed by atoms with Gasteiger partial charge in [0.2, 0.25) is 18.5 Å². The van der Waals surface area contributed by atoms with Crippen LogP contribution in [0.5, 0.6) is 11.5 Å². The number of hydrogen-bond donors (Lipinski definition) is 1. The molecule has 2 aromatic carbocycles. The van der Waals surface area contributed by atoms with E-state index in [1.165, 1.54) is 11.8 Å². The van der Waals surface area contributed by atoms with Gasteiger partial charge in [0, 0.05) is 13.1 Å². The van der Waals surface area contributed by atoms with Crippen molar-refractivity contribution in [2.45, 2.75) is 31.6 Å². The van der Waals surface area contributed by atoms with Crippen molar-refractivity contribution in [3.63, 3.8) is 0 Å². The third-order valence-corrected chi connectivity index (χ3v) is 6.11. The molecule has 1 N–H and O–H groups in total. The molecule has 0 spiro atoms. The smallest absolute Gasteiger partial charge is 0.262 e. The fourth-order valence-corrected chi connectivity index (χ4v) is 4.45. The van der Waals surface area contributed by atoms with Gasteiger partial charge in [0.1, 0.15) is 0 Å². The second kappa shape index (κ2) is 8.54. The van der Waals surface area contributed by atoms with E-state index in [9.17, 15) is 9.59 Å². The van der Waals surface area contributed by atoms with Crippen LogP contribution >= 0.6 is 11.8 Å². The lowest BCUT2D eigenvalue weighted by Crippen LogP contribution is -2.25. The molecule has 0 aliphatic carbocycles. The lowest BCUT2D eigenvalue weighted by molar-refractivity contribution is -0.118. The highest BCUT2D eigenvalue weighted by atomic mass is 32.2. The molecule has 9 nitrogen and oxygen atoms in total. The minimum absolute atomic E-state index is 0.0830. The molecule has 0 radical (unpaired) electrons. The molecule has 164 valence electrons.